The lowest BCUT2D eigenvalue weighted by atomic mass is 10.1. The molecular formula is C59H92O6. The smallest absolute Gasteiger partial charge is 0.306 e. The van der Waals surface area contributed by atoms with Crippen LogP contribution in [0.3, 0.4) is 0 Å². The fraction of sp³-hybridized carbons (Fsp3) is 0.576. The number of esters is 3. The fourth-order valence-corrected chi connectivity index (χ4v) is 6.36. The number of rotatable bonds is 44. The van der Waals surface area contributed by atoms with Crippen LogP contribution in [0, 0.1) is 0 Å². The molecule has 0 saturated carbocycles. The molecule has 0 aliphatic carbocycles. The summed E-state index contributed by atoms with van der Waals surface area (Å²) in [4.78, 5) is 37.8. The Labute approximate surface area is 398 Å². The van der Waals surface area contributed by atoms with Crippen LogP contribution >= 0.6 is 0 Å². The Hall–Kier alpha value is -4.45. The van der Waals surface area contributed by atoms with E-state index in [0.29, 0.717) is 19.3 Å². The van der Waals surface area contributed by atoms with E-state index < -0.39 is 6.10 Å². The van der Waals surface area contributed by atoms with E-state index in [2.05, 4.69) is 154 Å². The molecule has 6 heteroatoms. The van der Waals surface area contributed by atoms with Crippen LogP contribution in [0.5, 0.6) is 0 Å². The molecule has 0 radical (unpaired) electrons. The predicted molar refractivity (Wildman–Crippen MR) is 279 cm³/mol. The highest BCUT2D eigenvalue weighted by atomic mass is 16.6. The standard InChI is InChI=1S/C59H92O6/c1-4-7-10-13-16-18-20-22-24-26-27-28-29-30-31-33-34-36-38-40-43-46-49-52-58(61)64-55-56(54-63-57(60)51-48-45-42-15-12-9-6-3)65-59(62)53-50-47-44-41-39-37-35-32-25-23-21-19-17-14-11-8-5-2/h7-8,10-11,16-19,22-25,27-28,30-31,34-37,41,44,56H,4-6,9,12-15,20-21,26,29,32-33,38-40,42-43,45-55H2,1-3H3/b10-7-,11-8-,18-16-,19-17-,24-22-,25-23-,28-27-,31-30-,36-34-,37-35-,44-41-. The quantitative estimate of drug-likeness (QED) is 0.0262. The van der Waals surface area contributed by atoms with E-state index in [0.717, 1.165) is 128 Å². The van der Waals surface area contributed by atoms with Crippen LogP contribution in [-0.4, -0.2) is 37.2 Å². The predicted octanol–water partition coefficient (Wildman–Crippen LogP) is 17.1. The third-order valence-corrected chi connectivity index (χ3v) is 10.2. The molecule has 0 saturated heterocycles. The first-order chi connectivity index (χ1) is 32.0. The van der Waals surface area contributed by atoms with Gasteiger partial charge in [0.25, 0.3) is 0 Å². The lowest BCUT2D eigenvalue weighted by Crippen LogP contribution is -2.30. The molecule has 1 unspecified atom stereocenters. The maximum Gasteiger partial charge on any atom is 0.306 e. The van der Waals surface area contributed by atoms with Crippen molar-refractivity contribution >= 4 is 17.9 Å². The van der Waals surface area contributed by atoms with Gasteiger partial charge in [-0.2, -0.15) is 0 Å². The summed E-state index contributed by atoms with van der Waals surface area (Å²) in [6, 6.07) is 0. The number of carbonyl (C=O) groups is 3. The maximum absolute atomic E-state index is 12.7. The topological polar surface area (TPSA) is 78.9 Å². The van der Waals surface area contributed by atoms with Gasteiger partial charge in [-0.25, -0.2) is 0 Å². The van der Waals surface area contributed by atoms with Gasteiger partial charge in [0, 0.05) is 19.3 Å². The summed E-state index contributed by atoms with van der Waals surface area (Å²) in [7, 11) is 0. The first kappa shape index (κ1) is 60.5. The van der Waals surface area contributed by atoms with E-state index in [-0.39, 0.29) is 37.5 Å². The Morgan fingerprint density at radius 1 is 0.323 bits per heavy atom. The van der Waals surface area contributed by atoms with Gasteiger partial charge in [0.05, 0.1) is 0 Å². The summed E-state index contributed by atoms with van der Waals surface area (Å²) >= 11 is 0. The zero-order valence-electron chi connectivity index (χ0n) is 41.4. The summed E-state index contributed by atoms with van der Waals surface area (Å²) in [6.07, 6.45) is 73.1. The van der Waals surface area contributed by atoms with Gasteiger partial charge in [-0.05, 0) is 109 Å². The highest BCUT2D eigenvalue weighted by molar-refractivity contribution is 5.71. The van der Waals surface area contributed by atoms with Crippen LogP contribution in [-0.2, 0) is 28.6 Å². The molecule has 0 fully saturated rings. The van der Waals surface area contributed by atoms with E-state index in [9.17, 15) is 14.4 Å². The molecular weight excluding hydrogens is 805 g/mol. The zero-order valence-corrected chi connectivity index (χ0v) is 41.4. The molecule has 0 aliphatic rings. The lowest BCUT2D eigenvalue weighted by Gasteiger charge is -2.18. The summed E-state index contributed by atoms with van der Waals surface area (Å²) in [5, 5.41) is 0. The molecule has 0 rings (SSSR count). The van der Waals surface area contributed by atoms with Crippen molar-refractivity contribution in [1.82, 2.24) is 0 Å². The Kier molecular flexibility index (Phi) is 48.6. The summed E-state index contributed by atoms with van der Waals surface area (Å²) in [6.45, 7) is 6.27. The monoisotopic (exact) mass is 897 g/mol. The molecule has 0 spiro atoms. The minimum atomic E-state index is -0.820. The number of carbonyl (C=O) groups excluding carboxylic acids is 3. The van der Waals surface area contributed by atoms with Crippen molar-refractivity contribution in [2.45, 2.75) is 207 Å². The second-order valence-corrected chi connectivity index (χ2v) is 16.3. The molecule has 0 aromatic rings. The van der Waals surface area contributed by atoms with Crippen LogP contribution in [0.2, 0.25) is 0 Å². The Balaban J connectivity index is 4.41. The van der Waals surface area contributed by atoms with Crippen molar-refractivity contribution in [3.8, 4) is 0 Å². The molecule has 0 amide bonds. The second kappa shape index (κ2) is 52.2. The number of unbranched alkanes of at least 4 members (excludes halogenated alkanes) is 11. The second-order valence-electron chi connectivity index (χ2n) is 16.3. The van der Waals surface area contributed by atoms with Crippen LogP contribution in [0.1, 0.15) is 201 Å². The van der Waals surface area contributed by atoms with Gasteiger partial charge in [0.2, 0.25) is 0 Å². The average molecular weight is 897 g/mol. The van der Waals surface area contributed by atoms with Crippen molar-refractivity contribution in [2.24, 2.45) is 0 Å². The van der Waals surface area contributed by atoms with Crippen molar-refractivity contribution in [1.29, 1.82) is 0 Å². The minimum absolute atomic E-state index is 0.113. The van der Waals surface area contributed by atoms with Gasteiger partial charge in [-0.3, -0.25) is 14.4 Å². The number of hydrogen-bond donors (Lipinski definition) is 0. The van der Waals surface area contributed by atoms with Crippen LogP contribution in [0.15, 0.2) is 134 Å². The van der Waals surface area contributed by atoms with Crippen LogP contribution in [0.25, 0.3) is 0 Å². The molecule has 0 aliphatic heterocycles. The van der Waals surface area contributed by atoms with Gasteiger partial charge in [-0.1, -0.05) is 206 Å². The summed E-state index contributed by atoms with van der Waals surface area (Å²) in [5.41, 5.74) is 0. The SMILES string of the molecule is CC/C=C\C/C=C\C/C=C\C/C=C\C/C=C\C/C=C\CCCCCCC(=O)OCC(COC(=O)CCCCCCCCC)OC(=O)CCC/C=C\C/C=C\C/C=C\C/C=C\C/C=C\CC. The van der Waals surface area contributed by atoms with Crippen molar-refractivity contribution < 1.29 is 28.6 Å². The number of hydrogen-bond acceptors (Lipinski definition) is 6. The molecule has 0 N–H and O–H groups in total. The highest BCUT2D eigenvalue weighted by Gasteiger charge is 2.19. The third-order valence-electron chi connectivity index (χ3n) is 10.2. The van der Waals surface area contributed by atoms with E-state index in [1.165, 1.54) is 25.7 Å². The van der Waals surface area contributed by atoms with Gasteiger partial charge in [-0.15, -0.1) is 0 Å². The molecule has 0 aromatic carbocycles. The van der Waals surface area contributed by atoms with Crippen LogP contribution in [0.4, 0.5) is 0 Å². The first-order valence-corrected chi connectivity index (χ1v) is 25.7. The van der Waals surface area contributed by atoms with E-state index in [1.807, 2.05) is 0 Å². The molecule has 364 valence electrons. The van der Waals surface area contributed by atoms with Crippen molar-refractivity contribution in [2.75, 3.05) is 13.2 Å². The first-order valence-electron chi connectivity index (χ1n) is 25.7. The lowest BCUT2D eigenvalue weighted by molar-refractivity contribution is -0.167. The Morgan fingerprint density at radius 3 is 0.985 bits per heavy atom. The van der Waals surface area contributed by atoms with E-state index in [1.54, 1.807) is 0 Å². The van der Waals surface area contributed by atoms with Gasteiger partial charge in [0.15, 0.2) is 6.10 Å². The van der Waals surface area contributed by atoms with Gasteiger partial charge < -0.3 is 14.2 Å². The number of allylic oxidation sites excluding steroid dienone is 22. The Bertz CT molecular complexity index is 1450. The molecule has 65 heavy (non-hydrogen) atoms. The summed E-state index contributed by atoms with van der Waals surface area (Å²) in [5.74, 6) is -1.02. The number of ether oxygens (including phenoxy) is 3. The normalized spacial score (nSPS) is 13.2. The van der Waals surface area contributed by atoms with E-state index >= 15 is 0 Å². The molecule has 0 bridgehead atoms. The molecule has 0 heterocycles. The molecule has 1 atom stereocenters. The Morgan fingerprint density at radius 2 is 0.615 bits per heavy atom. The van der Waals surface area contributed by atoms with Crippen molar-refractivity contribution in [3.05, 3.63) is 134 Å². The fourth-order valence-electron chi connectivity index (χ4n) is 6.36. The molecule has 0 aromatic heterocycles. The van der Waals surface area contributed by atoms with Gasteiger partial charge in [0.1, 0.15) is 13.2 Å². The highest BCUT2D eigenvalue weighted by Crippen LogP contribution is 2.12. The van der Waals surface area contributed by atoms with Crippen LogP contribution < -0.4 is 0 Å². The average Bonchev–Trinajstić information content (AvgIpc) is 3.30. The largest absolute Gasteiger partial charge is 0.462 e. The molecule has 6 nitrogen and oxygen atoms in total. The maximum atomic E-state index is 12.7. The van der Waals surface area contributed by atoms with Crippen molar-refractivity contribution in [3.63, 3.8) is 0 Å². The minimum Gasteiger partial charge on any atom is -0.462 e. The van der Waals surface area contributed by atoms with E-state index in [4.69, 9.17) is 14.2 Å². The summed E-state index contributed by atoms with van der Waals surface area (Å²) < 4.78 is 16.6. The third kappa shape index (κ3) is 50.4. The van der Waals surface area contributed by atoms with Gasteiger partial charge >= 0.3 is 17.9 Å². The zero-order chi connectivity index (χ0) is 47.2.